The number of likely N-dealkylation sites (tertiary alicyclic amines) is 1. The number of nitrogens with one attached hydrogen (secondary N) is 2. The zero-order valence-electron chi connectivity index (χ0n) is 21.5. The summed E-state index contributed by atoms with van der Waals surface area (Å²) in [6.45, 7) is 2.42. The molecule has 8 heteroatoms. The van der Waals surface area contributed by atoms with Crippen LogP contribution in [0.1, 0.15) is 62.9 Å². The molecule has 2 N–H and O–H groups in total. The number of nitrogens with zero attached hydrogens (tertiary/aromatic N) is 2. The Balaban J connectivity index is 1.46. The molecule has 2 aliphatic rings. The van der Waals surface area contributed by atoms with E-state index in [1.807, 2.05) is 35.2 Å². The molecule has 37 heavy (non-hydrogen) atoms. The first kappa shape index (κ1) is 25.8. The van der Waals surface area contributed by atoms with Crippen LogP contribution in [-0.4, -0.2) is 47.4 Å². The van der Waals surface area contributed by atoms with Crippen molar-refractivity contribution < 1.29 is 14.0 Å². The van der Waals surface area contributed by atoms with Gasteiger partial charge in [-0.25, -0.2) is 9.37 Å². The van der Waals surface area contributed by atoms with Gasteiger partial charge in [-0.1, -0.05) is 49.6 Å². The average molecular weight is 523 g/mol. The molecule has 0 radical (unpaired) electrons. The topological polar surface area (TPSA) is 74.3 Å². The van der Waals surface area contributed by atoms with Gasteiger partial charge >= 0.3 is 0 Å². The van der Waals surface area contributed by atoms with Crippen molar-refractivity contribution in [2.45, 2.75) is 70.0 Å². The second kappa shape index (κ2) is 11.3. The number of likely N-dealkylation sites (N-methyl/N-ethyl adjacent to an activating group) is 1. The van der Waals surface area contributed by atoms with Crippen molar-refractivity contribution >= 4 is 33.4 Å². The van der Waals surface area contributed by atoms with Gasteiger partial charge in [-0.15, -0.1) is 11.3 Å². The van der Waals surface area contributed by atoms with E-state index in [2.05, 4.69) is 10.6 Å². The van der Waals surface area contributed by atoms with E-state index in [0.29, 0.717) is 16.8 Å². The lowest BCUT2D eigenvalue weighted by molar-refractivity contribution is -0.139. The Kier molecular flexibility index (Phi) is 7.86. The number of fused-ring (bicyclic) bond motifs is 1. The number of hydrogen-bond donors (Lipinski definition) is 2. The Morgan fingerprint density at radius 3 is 2.54 bits per heavy atom. The first-order chi connectivity index (χ1) is 18.0. The molecule has 1 aliphatic heterocycles. The zero-order chi connectivity index (χ0) is 25.9. The maximum Gasteiger partial charge on any atom is 0.246 e. The number of aromatic nitrogens is 1. The Labute approximate surface area is 221 Å². The lowest BCUT2D eigenvalue weighted by Crippen LogP contribution is -2.55. The van der Waals surface area contributed by atoms with Gasteiger partial charge in [0.2, 0.25) is 11.8 Å². The molecule has 1 aliphatic carbocycles. The largest absolute Gasteiger partial charge is 0.343 e. The van der Waals surface area contributed by atoms with Crippen LogP contribution in [0, 0.1) is 11.7 Å². The number of amides is 2. The summed E-state index contributed by atoms with van der Waals surface area (Å²) in [5, 5.41) is 6.82. The fourth-order valence-electron chi connectivity index (χ4n) is 5.71. The summed E-state index contributed by atoms with van der Waals surface area (Å²) < 4.78 is 15.4. The van der Waals surface area contributed by atoms with E-state index >= 15 is 0 Å². The summed E-state index contributed by atoms with van der Waals surface area (Å²) in [5.74, 6) is -0.346. The third kappa shape index (κ3) is 5.27. The summed E-state index contributed by atoms with van der Waals surface area (Å²) in [7, 11) is 1.74. The minimum Gasteiger partial charge on any atom is -0.343 e. The molecule has 196 valence electrons. The molecule has 1 aromatic heterocycles. The van der Waals surface area contributed by atoms with Crippen molar-refractivity contribution in [3.63, 3.8) is 0 Å². The van der Waals surface area contributed by atoms with Crippen molar-refractivity contribution in [3.8, 4) is 11.1 Å². The van der Waals surface area contributed by atoms with Crippen LogP contribution in [0.25, 0.3) is 21.3 Å². The zero-order valence-corrected chi connectivity index (χ0v) is 22.3. The van der Waals surface area contributed by atoms with Gasteiger partial charge in [0.25, 0.3) is 0 Å². The molecule has 6 nitrogen and oxygen atoms in total. The summed E-state index contributed by atoms with van der Waals surface area (Å²) in [5.41, 5.74) is 2.52. The number of carbonyl (C=O) groups excluding carboxylic acids is 2. The molecule has 0 bridgehead atoms. The van der Waals surface area contributed by atoms with Gasteiger partial charge in [-0.05, 0) is 63.3 Å². The maximum absolute atomic E-state index is 14.9. The molecule has 2 aromatic carbocycles. The van der Waals surface area contributed by atoms with E-state index < -0.39 is 6.04 Å². The number of rotatable bonds is 7. The highest BCUT2D eigenvalue weighted by molar-refractivity contribution is 7.18. The quantitative estimate of drug-likeness (QED) is 0.433. The Morgan fingerprint density at radius 2 is 1.81 bits per heavy atom. The summed E-state index contributed by atoms with van der Waals surface area (Å²) in [6.07, 6.45) is 6.85. The summed E-state index contributed by atoms with van der Waals surface area (Å²) >= 11 is 1.34. The third-order valence-corrected chi connectivity index (χ3v) is 9.09. The van der Waals surface area contributed by atoms with Crippen LogP contribution in [0.4, 0.5) is 4.39 Å². The SMILES string of the molecule is CN[C@@H](C)C(=O)N[C@H](C(=O)N1CCC[C@H]1c1nc2c(-c3ccccc3)ccc(F)c2s1)C1CCCCC1. The van der Waals surface area contributed by atoms with E-state index in [-0.39, 0.29) is 35.6 Å². The fraction of sp³-hybridized carbons (Fsp3) is 0.483. The van der Waals surface area contributed by atoms with E-state index in [1.165, 1.54) is 23.8 Å². The summed E-state index contributed by atoms with van der Waals surface area (Å²) in [4.78, 5) is 33.7. The second-order valence-electron chi connectivity index (χ2n) is 10.3. The minimum atomic E-state index is -0.546. The van der Waals surface area contributed by atoms with Gasteiger partial charge < -0.3 is 15.5 Å². The molecule has 1 saturated heterocycles. The van der Waals surface area contributed by atoms with E-state index in [4.69, 9.17) is 4.98 Å². The molecule has 2 fully saturated rings. The average Bonchev–Trinajstić information content (AvgIpc) is 3.60. The first-order valence-electron chi connectivity index (χ1n) is 13.4. The first-order valence-corrected chi connectivity index (χ1v) is 14.2. The maximum atomic E-state index is 14.9. The number of thiazole rings is 1. The molecular weight excluding hydrogens is 487 g/mol. The van der Waals surface area contributed by atoms with Gasteiger partial charge in [0.1, 0.15) is 16.9 Å². The molecule has 0 spiro atoms. The minimum absolute atomic E-state index is 0.0333. The number of carbonyl (C=O) groups is 2. The lowest BCUT2D eigenvalue weighted by atomic mass is 9.83. The Hall–Kier alpha value is -2.84. The van der Waals surface area contributed by atoms with Crippen LogP contribution in [0.2, 0.25) is 0 Å². The molecule has 2 heterocycles. The highest BCUT2D eigenvalue weighted by atomic mass is 32.1. The van der Waals surface area contributed by atoms with Crippen LogP contribution in [0.3, 0.4) is 0 Å². The van der Waals surface area contributed by atoms with Gasteiger partial charge in [-0.3, -0.25) is 9.59 Å². The third-order valence-electron chi connectivity index (χ3n) is 7.93. The van der Waals surface area contributed by atoms with Crippen molar-refractivity contribution in [1.82, 2.24) is 20.5 Å². The normalized spacial score (nSPS) is 20.2. The smallest absolute Gasteiger partial charge is 0.246 e. The predicted octanol–water partition coefficient (Wildman–Crippen LogP) is 5.44. The number of benzene rings is 2. The number of halogens is 1. The van der Waals surface area contributed by atoms with E-state index in [0.717, 1.165) is 54.7 Å². The Morgan fingerprint density at radius 1 is 1.05 bits per heavy atom. The van der Waals surface area contributed by atoms with Gasteiger partial charge in [0, 0.05) is 12.1 Å². The monoisotopic (exact) mass is 522 g/mol. The molecule has 3 atom stereocenters. The highest BCUT2D eigenvalue weighted by Gasteiger charge is 2.40. The van der Waals surface area contributed by atoms with Gasteiger partial charge in [-0.2, -0.15) is 0 Å². The van der Waals surface area contributed by atoms with Crippen LogP contribution < -0.4 is 10.6 Å². The highest BCUT2D eigenvalue weighted by Crippen LogP contribution is 2.41. The van der Waals surface area contributed by atoms with Crippen molar-refractivity contribution in [2.75, 3.05) is 13.6 Å². The predicted molar refractivity (Wildman–Crippen MR) is 146 cm³/mol. The fourth-order valence-corrected chi connectivity index (χ4v) is 6.85. The van der Waals surface area contributed by atoms with E-state index in [9.17, 15) is 14.0 Å². The van der Waals surface area contributed by atoms with Crippen molar-refractivity contribution in [2.24, 2.45) is 5.92 Å². The van der Waals surface area contributed by atoms with Crippen molar-refractivity contribution in [3.05, 3.63) is 53.3 Å². The van der Waals surface area contributed by atoms with Crippen LogP contribution in [-0.2, 0) is 9.59 Å². The van der Waals surface area contributed by atoms with Gasteiger partial charge in [0.05, 0.1) is 22.3 Å². The standard InChI is InChI=1S/C29H35FN4O2S/c1-18(31-2)27(35)32-24(20-12-7-4-8-13-20)29(36)34-17-9-14-23(34)28-33-25-21(19-10-5-3-6-11-19)15-16-22(30)26(25)37-28/h3,5-6,10-11,15-16,18,20,23-24,31H,4,7-9,12-14,17H2,1-2H3,(H,32,35)/t18-,23-,24-/m0/s1. The molecule has 3 aromatic rings. The Bertz CT molecular complexity index is 1260. The van der Waals surface area contributed by atoms with E-state index in [1.54, 1.807) is 20.0 Å². The number of hydrogen-bond acceptors (Lipinski definition) is 5. The second-order valence-corrected chi connectivity index (χ2v) is 11.3. The molecule has 2 amide bonds. The molecule has 5 rings (SSSR count). The lowest BCUT2D eigenvalue weighted by Gasteiger charge is -2.35. The molecule has 1 saturated carbocycles. The van der Waals surface area contributed by atoms with Crippen LogP contribution >= 0.6 is 11.3 Å². The van der Waals surface area contributed by atoms with Crippen LogP contribution in [0.5, 0.6) is 0 Å². The van der Waals surface area contributed by atoms with Crippen molar-refractivity contribution in [1.29, 1.82) is 0 Å². The molecular formula is C29H35FN4O2S. The van der Waals surface area contributed by atoms with Gasteiger partial charge in [0.15, 0.2) is 0 Å². The van der Waals surface area contributed by atoms with Crippen LogP contribution in [0.15, 0.2) is 42.5 Å². The summed E-state index contributed by atoms with van der Waals surface area (Å²) in [6, 6.07) is 12.0. The molecule has 0 unspecified atom stereocenters.